The van der Waals surface area contributed by atoms with Gasteiger partial charge < -0.3 is 15.3 Å². The molecule has 4 rings (SSSR count). The first-order valence-corrected chi connectivity index (χ1v) is 8.33. The molecule has 0 spiro atoms. The lowest BCUT2D eigenvalue weighted by molar-refractivity contribution is -0.146. The van der Waals surface area contributed by atoms with Crippen LogP contribution < -0.4 is 5.32 Å². The summed E-state index contributed by atoms with van der Waals surface area (Å²) in [6.07, 6.45) is 1.65. The number of fused-ring (bicyclic) bond motifs is 3. The molecule has 1 aliphatic heterocycles. The average Bonchev–Trinajstić information content (AvgIpc) is 2.88. The van der Waals surface area contributed by atoms with E-state index in [-0.39, 0.29) is 6.03 Å². The summed E-state index contributed by atoms with van der Waals surface area (Å²) in [7, 11) is 0. The number of aliphatic carboxylic acids is 1. The van der Waals surface area contributed by atoms with Gasteiger partial charge in [0.05, 0.1) is 5.41 Å². The highest BCUT2D eigenvalue weighted by molar-refractivity contribution is 5.79. The number of likely N-dealkylation sites (tertiary alicyclic amines) is 1. The summed E-state index contributed by atoms with van der Waals surface area (Å²) in [6.45, 7) is 3.23. The predicted molar refractivity (Wildman–Crippen MR) is 85.2 cm³/mol. The molecule has 2 aliphatic carbocycles. The Balaban J connectivity index is 1.31. The van der Waals surface area contributed by atoms with Crippen molar-refractivity contribution in [3.05, 3.63) is 35.4 Å². The van der Waals surface area contributed by atoms with Crippen molar-refractivity contribution in [2.45, 2.75) is 25.7 Å². The van der Waals surface area contributed by atoms with Crippen molar-refractivity contribution in [2.24, 2.45) is 17.3 Å². The molecule has 1 saturated heterocycles. The van der Waals surface area contributed by atoms with Gasteiger partial charge >= 0.3 is 12.0 Å². The van der Waals surface area contributed by atoms with Gasteiger partial charge in [0.15, 0.2) is 0 Å². The summed E-state index contributed by atoms with van der Waals surface area (Å²) in [5.41, 5.74) is 2.12. The van der Waals surface area contributed by atoms with E-state index in [0.717, 1.165) is 6.42 Å². The van der Waals surface area contributed by atoms with Crippen LogP contribution in [-0.2, 0) is 11.2 Å². The van der Waals surface area contributed by atoms with Gasteiger partial charge in [-0.2, -0.15) is 0 Å². The second-order valence-corrected chi connectivity index (χ2v) is 7.48. The van der Waals surface area contributed by atoms with Gasteiger partial charge in [-0.05, 0) is 48.6 Å². The van der Waals surface area contributed by atoms with Crippen molar-refractivity contribution in [1.29, 1.82) is 0 Å². The van der Waals surface area contributed by atoms with Crippen LogP contribution in [-0.4, -0.2) is 41.6 Å². The first-order chi connectivity index (χ1) is 11.0. The third kappa shape index (κ3) is 2.30. The highest BCUT2D eigenvalue weighted by atomic mass is 16.4. The van der Waals surface area contributed by atoms with Crippen molar-refractivity contribution < 1.29 is 14.7 Å². The lowest BCUT2D eigenvalue weighted by Crippen LogP contribution is -2.41. The molecule has 4 atom stereocenters. The first kappa shape index (κ1) is 14.5. The maximum Gasteiger partial charge on any atom is 0.317 e. The summed E-state index contributed by atoms with van der Waals surface area (Å²) >= 11 is 0. The Bertz CT molecular complexity index is 674. The number of carbonyl (C=O) groups is 2. The average molecular weight is 314 g/mol. The van der Waals surface area contributed by atoms with Crippen LogP contribution in [0.25, 0.3) is 0 Å². The lowest BCUT2D eigenvalue weighted by atomic mass is 9.90. The molecular weight excluding hydrogens is 292 g/mol. The quantitative estimate of drug-likeness (QED) is 0.897. The number of carboxylic acid groups (broad SMARTS) is 1. The maximum atomic E-state index is 12.3. The number of urea groups is 1. The van der Waals surface area contributed by atoms with E-state index in [9.17, 15) is 14.7 Å². The van der Waals surface area contributed by atoms with Gasteiger partial charge in [-0.3, -0.25) is 4.79 Å². The molecule has 2 amide bonds. The third-order valence-electron chi connectivity index (χ3n) is 5.97. The van der Waals surface area contributed by atoms with E-state index in [4.69, 9.17) is 0 Å². The molecular formula is C18H22N2O3. The Hall–Kier alpha value is -2.04. The number of carboxylic acids is 1. The fourth-order valence-electron chi connectivity index (χ4n) is 4.39. The minimum absolute atomic E-state index is 0.117. The van der Waals surface area contributed by atoms with Crippen LogP contribution in [0, 0.1) is 17.3 Å². The topological polar surface area (TPSA) is 69.6 Å². The van der Waals surface area contributed by atoms with Crippen molar-refractivity contribution >= 4 is 12.0 Å². The van der Waals surface area contributed by atoms with Crippen LogP contribution in [0.4, 0.5) is 4.79 Å². The molecule has 122 valence electrons. The van der Waals surface area contributed by atoms with Gasteiger partial charge in [0.25, 0.3) is 0 Å². The number of rotatable bonds is 3. The molecule has 5 heteroatoms. The number of carbonyl (C=O) groups excluding carboxylic acids is 1. The molecule has 4 unspecified atom stereocenters. The molecule has 1 aromatic rings. The first-order valence-electron chi connectivity index (χ1n) is 8.33. The normalized spacial score (nSPS) is 34.0. The predicted octanol–water partition coefficient (Wildman–Crippen LogP) is 2.08. The minimum Gasteiger partial charge on any atom is -0.481 e. The fraction of sp³-hybridized carbons (Fsp3) is 0.556. The Morgan fingerprint density at radius 1 is 1.39 bits per heavy atom. The highest BCUT2D eigenvalue weighted by Crippen LogP contribution is 2.60. The standard InChI is InChI=1S/C18H22N2O3/c1-18(16(21)22)6-7-20(10-18)17(23)19-9-14-13-8-11-4-2-3-5-12(11)15(13)14/h2-5,13-15H,6-10H2,1H3,(H,19,23)(H,21,22). The van der Waals surface area contributed by atoms with Gasteiger partial charge in [-0.25, -0.2) is 4.79 Å². The number of hydrogen-bond acceptors (Lipinski definition) is 2. The monoisotopic (exact) mass is 314 g/mol. The number of nitrogens with zero attached hydrogens (tertiary/aromatic N) is 1. The number of amides is 2. The van der Waals surface area contributed by atoms with Gasteiger partial charge in [-0.1, -0.05) is 24.3 Å². The van der Waals surface area contributed by atoms with Gasteiger partial charge in [0, 0.05) is 19.6 Å². The Morgan fingerprint density at radius 2 is 2.17 bits per heavy atom. The van der Waals surface area contributed by atoms with E-state index < -0.39 is 11.4 Å². The maximum absolute atomic E-state index is 12.3. The molecule has 1 aromatic carbocycles. The Labute approximate surface area is 135 Å². The van der Waals surface area contributed by atoms with E-state index in [2.05, 4.69) is 29.6 Å². The van der Waals surface area contributed by atoms with Crippen molar-refractivity contribution in [3.63, 3.8) is 0 Å². The molecule has 1 saturated carbocycles. The zero-order chi connectivity index (χ0) is 16.2. The van der Waals surface area contributed by atoms with Crippen LogP contribution in [0.5, 0.6) is 0 Å². The minimum atomic E-state index is -0.818. The molecule has 2 N–H and O–H groups in total. The molecule has 0 bridgehead atoms. The number of hydrogen-bond donors (Lipinski definition) is 2. The molecule has 3 aliphatic rings. The summed E-state index contributed by atoms with van der Waals surface area (Å²) in [5, 5.41) is 12.3. The van der Waals surface area contributed by atoms with E-state index >= 15 is 0 Å². The summed E-state index contributed by atoms with van der Waals surface area (Å²) < 4.78 is 0. The largest absolute Gasteiger partial charge is 0.481 e. The van der Waals surface area contributed by atoms with Crippen LogP contribution in [0.2, 0.25) is 0 Å². The summed E-state index contributed by atoms with van der Waals surface area (Å²) in [6, 6.07) is 8.47. The van der Waals surface area contributed by atoms with Gasteiger partial charge in [0.1, 0.15) is 0 Å². The summed E-state index contributed by atoms with van der Waals surface area (Å²) in [5.74, 6) is 1.01. The van der Waals surface area contributed by atoms with Crippen molar-refractivity contribution in [2.75, 3.05) is 19.6 Å². The van der Waals surface area contributed by atoms with Crippen molar-refractivity contribution in [1.82, 2.24) is 10.2 Å². The lowest BCUT2D eigenvalue weighted by Gasteiger charge is -2.20. The second-order valence-electron chi connectivity index (χ2n) is 7.48. The molecule has 2 fully saturated rings. The third-order valence-corrected chi connectivity index (χ3v) is 5.97. The number of benzene rings is 1. The van der Waals surface area contributed by atoms with E-state index in [1.807, 2.05) is 0 Å². The van der Waals surface area contributed by atoms with Gasteiger partial charge in [0.2, 0.25) is 0 Å². The van der Waals surface area contributed by atoms with E-state index in [1.165, 1.54) is 11.1 Å². The van der Waals surface area contributed by atoms with Crippen LogP contribution in [0.1, 0.15) is 30.4 Å². The second kappa shape index (κ2) is 4.98. The van der Waals surface area contributed by atoms with Crippen LogP contribution >= 0.6 is 0 Å². The molecule has 0 aromatic heterocycles. The Kier molecular flexibility index (Phi) is 3.15. The van der Waals surface area contributed by atoms with E-state index in [0.29, 0.717) is 43.8 Å². The van der Waals surface area contributed by atoms with Crippen LogP contribution in [0.3, 0.4) is 0 Å². The SMILES string of the molecule is CC1(C(=O)O)CCN(C(=O)NCC2C3Cc4ccccc4C23)C1. The zero-order valence-electron chi connectivity index (χ0n) is 13.3. The van der Waals surface area contributed by atoms with Gasteiger partial charge in [-0.15, -0.1) is 0 Å². The molecule has 5 nitrogen and oxygen atoms in total. The summed E-state index contributed by atoms with van der Waals surface area (Å²) in [4.78, 5) is 25.2. The smallest absolute Gasteiger partial charge is 0.317 e. The van der Waals surface area contributed by atoms with E-state index in [1.54, 1.807) is 11.8 Å². The molecule has 0 radical (unpaired) electrons. The highest BCUT2D eigenvalue weighted by Gasteiger charge is 2.55. The fourth-order valence-corrected chi connectivity index (χ4v) is 4.39. The molecule has 1 heterocycles. The Morgan fingerprint density at radius 3 is 2.91 bits per heavy atom. The van der Waals surface area contributed by atoms with Crippen LogP contribution in [0.15, 0.2) is 24.3 Å². The molecule has 23 heavy (non-hydrogen) atoms. The zero-order valence-corrected chi connectivity index (χ0v) is 13.3. The number of nitrogens with one attached hydrogen (secondary N) is 1. The van der Waals surface area contributed by atoms with Crippen molar-refractivity contribution in [3.8, 4) is 0 Å².